The topological polar surface area (TPSA) is 74.3 Å². The van der Waals surface area contributed by atoms with Crippen molar-refractivity contribution in [1.29, 1.82) is 0 Å². The molecule has 28 heavy (non-hydrogen) atoms. The van der Waals surface area contributed by atoms with Crippen molar-refractivity contribution < 1.29 is 9.59 Å². The van der Waals surface area contributed by atoms with E-state index in [1.165, 1.54) is 29.4 Å². The number of carbonyl (C=O) groups excluding carboxylic acids is 2. The zero-order chi connectivity index (χ0) is 19.5. The first kappa shape index (κ1) is 18.2. The Bertz CT molecular complexity index is 1010. The SMILES string of the molecule is CC(=O)Nc1ccc(NC(=O)c2cnc(N3CCc4ccccc4C3)s2)cc1. The van der Waals surface area contributed by atoms with Crippen LogP contribution in [0.4, 0.5) is 16.5 Å². The highest BCUT2D eigenvalue weighted by Crippen LogP contribution is 2.28. The summed E-state index contributed by atoms with van der Waals surface area (Å²) >= 11 is 1.40. The number of carbonyl (C=O) groups is 2. The molecule has 0 spiro atoms. The maximum absolute atomic E-state index is 12.5. The van der Waals surface area contributed by atoms with Gasteiger partial charge in [0.25, 0.3) is 5.91 Å². The van der Waals surface area contributed by atoms with Gasteiger partial charge in [-0.3, -0.25) is 9.59 Å². The highest BCUT2D eigenvalue weighted by Gasteiger charge is 2.20. The van der Waals surface area contributed by atoms with E-state index in [2.05, 4.69) is 44.8 Å². The van der Waals surface area contributed by atoms with E-state index in [1.54, 1.807) is 30.5 Å². The Balaban J connectivity index is 1.41. The van der Waals surface area contributed by atoms with Crippen LogP contribution >= 0.6 is 11.3 Å². The quantitative estimate of drug-likeness (QED) is 0.706. The summed E-state index contributed by atoms with van der Waals surface area (Å²) in [6.45, 7) is 3.17. The number of hydrogen-bond donors (Lipinski definition) is 2. The minimum Gasteiger partial charge on any atom is -0.343 e. The number of rotatable bonds is 4. The molecule has 0 atom stereocenters. The molecule has 2 N–H and O–H groups in total. The fourth-order valence-electron chi connectivity index (χ4n) is 3.21. The lowest BCUT2D eigenvalue weighted by Crippen LogP contribution is -2.30. The second kappa shape index (κ2) is 7.82. The highest BCUT2D eigenvalue weighted by atomic mass is 32.1. The second-order valence-electron chi connectivity index (χ2n) is 6.66. The molecule has 142 valence electrons. The summed E-state index contributed by atoms with van der Waals surface area (Å²) in [7, 11) is 0. The van der Waals surface area contributed by atoms with Crippen LogP contribution < -0.4 is 15.5 Å². The molecule has 0 unspecified atom stereocenters. The molecule has 3 aromatic rings. The molecular weight excluding hydrogens is 372 g/mol. The van der Waals surface area contributed by atoms with E-state index >= 15 is 0 Å². The Kier molecular flexibility index (Phi) is 5.08. The standard InChI is InChI=1S/C21H20N4O2S/c1-14(26)23-17-6-8-18(9-7-17)24-20(27)19-12-22-21(28-19)25-11-10-15-4-2-3-5-16(15)13-25/h2-9,12H,10-11,13H2,1H3,(H,23,26)(H,24,27). The van der Waals surface area contributed by atoms with Gasteiger partial charge in [-0.2, -0.15) is 0 Å². The van der Waals surface area contributed by atoms with Crippen LogP contribution in [0.25, 0.3) is 0 Å². The van der Waals surface area contributed by atoms with Crippen molar-refractivity contribution in [1.82, 2.24) is 4.98 Å². The third-order valence-electron chi connectivity index (χ3n) is 4.58. The molecule has 4 rings (SSSR count). The zero-order valence-electron chi connectivity index (χ0n) is 15.4. The summed E-state index contributed by atoms with van der Waals surface area (Å²) in [6.07, 6.45) is 2.61. The van der Waals surface area contributed by atoms with Gasteiger partial charge in [-0.1, -0.05) is 35.6 Å². The Labute approximate surface area is 167 Å². The van der Waals surface area contributed by atoms with Gasteiger partial charge in [0.05, 0.1) is 6.20 Å². The number of hydrogen-bond acceptors (Lipinski definition) is 5. The van der Waals surface area contributed by atoms with Crippen molar-refractivity contribution in [3.05, 3.63) is 70.7 Å². The number of thiazole rings is 1. The van der Waals surface area contributed by atoms with Crippen LogP contribution in [0.3, 0.4) is 0 Å². The fourth-order valence-corrected chi connectivity index (χ4v) is 4.04. The molecule has 1 aliphatic rings. The van der Waals surface area contributed by atoms with Crippen LogP contribution in [-0.2, 0) is 17.8 Å². The summed E-state index contributed by atoms with van der Waals surface area (Å²) in [6, 6.07) is 15.5. The van der Waals surface area contributed by atoms with E-state index in [4.69, 9.17) is 0 Å². The largest absolute Gasteiger partial charge is 0.343 e. The van der Waals surface area contributed by atoms with Crippen LogP contribution in [0, 0.1) is 0 Å². The maximum atomic E-state index is 12.5. The average Bonchev–Trinajstić information content (AvgIpc) is 3.19. The van der Waals surface area contributed by atoms with E-state index in [9.17, 15) is 9.59 Å². The maximum Gasteiger partial charge on any atom is 0.267 e. The van der Waals surface area contributed by atoms with E-state index in [0.717, 1.165) is 24.6 Å². The van der Waals surface area contributed by atoms with Crippen molar-refractivity contribution in [3.63, 3.8) is 0 Å². The number of nitrogens with one attached hydrogen (secondary N) is 2. The normalized spacial score (nSPS) is 13.0. The van der Waals surface area contributed by atoms with Crippen LogP contribution in [-0.4, -0.2) is 23.3 Å². The summed E-state index contributed by atoms with van der Waals surface area (Å²) in [5.41, 5.74) is 4.06. The molecule has 2 heterocycles. The molecule has 0 bridgehead atoms. The monoisotopic (exact) mass is 392 g/mol. The lowest BCUT2D eigenvalue weighted by Gasteiger charge is -2.28. The van der Waals surface area contributed by atoms with Crippen molar-refractivity contribution in [2.24, 2.45) is 0 Å². The highest BCUT2D eigenvalue weighted by molar-refractivity contribution is 7.17. The second-order valence-corrected chi connectivity index (χ2v) is 7.67. The molecule has 6 nitrogen and oxygen atoms in total. The first-order valence-corrected chi connectivity index (χ1v) is 9.87. The lowest BCUT2D eigenvalue weighted by molar-refractivity contribution is -0.114. The molecule has 0 saturated carbocycles. The van der Waals surface area contributed by atoms with Gasteiger partial charge in [0.2, 0.25) is 5.91 Å². The smallest absolute Gasteiger partial charge is 0.267 e. The molecule has 2 aromatic carbocycles. The van der Waals surface area contributed by atoms with Crippen molar-refractivity contribution >= 4 is 39.7 Å². The average molecular weight is 392 g/mol. The van der Waals surface area contributed by atoms with Gasteiger partial charge in [0.1, 0.15) is 4.88 Å². The minimum atomic E-state index is -0.187. The molecule has 2 amide bonds. The molecule has 7 heteroatoms. The van der Waals surface area contributed by atoms with Gasteiger partial charge in [-0.25, -0.2) is 4.98 Å². The van der Waals surface area contributed by atoms with E-state index in [1.807, 2.05) is 0 Å². The number of anilines is 3. The lowest BCUT2D eigenvalue weighted by atomic mass is 10.0. The number of nitrogens with zero attached hydrogens (tertiary/aromatic N) is 2. The van der Waals surface area contributed by atoms with Crippen molar-refractivity contribution in [2.45, 2.75) is 19.9 Å². The number of benzene rings is 2. The van der Waals surface area contributed by atoms with Crippen molar-refractivity contribution in [3.8, 4) is 0 Å². The third kappa shape index (κ3) is 4.04. The Morgan fingerprint density at radius 2 is 1.68 bits per heavy atom. The van der Waals surface area contributed by atoms with Gasteiger partial charge in [-0.05, 0) is 41.8 Å². The van der Waals surface area contributed by atoms with Crippen LogP contribution in [0.5, 0.6) is 0 Å². The van der Waals surface area contributed by atoms with Gasteiger partial charge in [-0.15, -0.1) is 0 Å². The van der Waals surface area contributed by atoms with E-state index < -0.39 is 0 Å². The van der Waals surface area contributed by atoms with E-state index in [0.29, 0.717) is 16.3 Å². The number of aromatic nitrogens is 1. The molecular formula is C21H20N4O2S. The Morgan fingerprint density at radius 3 is 2.39 bits per heavy atom. The van der Waals surface area contributed by atoms with Gasteiger partial charge < -0.3 is 15.5 Å². The third-order valence-corrected chi connectivity index (χ3v) is 5.64. The fraction of sp³-hybridized carbons (Fsp3) is 0.190. The van der Waals surface area contributed by atoms with Crippen molar-refractivity contribution in [2.75, 3.05) is 22.1 Å². The molecule has 0 saturated heterocycles. The van der Waals surface area contributed by atoms with Gasteiger partial charge in [0, 0.05) is 31.4 Å². The summed E-state index contributed by atoms with van der Waals surface area (Å²) < 4.78 is 0. The summed E-state index contributed by atoms with van der Waals surface area (Å²) in [5.74, 6) is -0.317. The molecule has 0 radical (unpaired) electrons. The van der Waals surface area contributed by atoms with Crippen LogP contribution in [0.2, 0.25) is 0 Å². The molecule has 1 aliphatic heterocycles. The Hall–Kier alpha value is -3.19. The predicted molar refractivity (Wildman–Crippen MR) is 112 cm³/mol. The van der Waals surface area contributed by atoms with Crippen LogP contribution in [0.1, 0.15) is 27.7 Å². The number of amides is 2. The first-order valence-electron chi connectivity index (χ1n) is 9.05. The number of fused-ring (bicyclic) bond motifs is 1. The first-order chi connectivity index (χ1) is 13.6. The van der Waals surface area contributed by atoms with Gasteiger partial charge in [0.15, 0.2) is 5.13 Å². The van der Waals surface area contributed by atoms with E-state index in [-0.39, 0.29) is 11.8 Å². The molecule has 0 fully saturated rings. The minimum absolute atomic E-state index is 0.130. The molecule has 0 aliphatic carbocycles. The zero-order valence-corrected chi connectivity index (χ0v) is 16.3. The molecule has 1 aromatic heterocycles. The Morgan fingerprint density at radius 1 is 1.00 bits per heavy atom. The van der Waals surface area contributed by atoms with Crippen LogP contribution in [0.15, 0.2) is 54.7 Å². The predicted octanol–water partition coefficient (Wildman–Crippen LogP) is 3.92. The van der Waals surface area contributed by atoms with Gasteiger partial charge >= 0.3 is 0 Å². The summed E-state index contributed by atoms with van der Waals surface area (Å²) in [5, 5.41) is 6.43. The summed E-state index contributed by atoms with van der Waals surface area (Å²) in [4.78, 5) is 30.9.